The second-order valence-electron chi connectivity index (χ2n) is 18.6. The summed E-state index contributed by atoms with van der Waals surface area (Å²) in [5, 5.41) is 28.8. The number of hydrogen-bond donors (Lipinski definition) is 14. The van der Waals surface area contributed by atoms with Crippen LogP contribution < -0.4 is 77.4 Å². The molecular formula is C46H77N19O7S3. The maximum absolute atomic E-state index is 14.5. The van der Waals surface area contributed by atoms with Crippen LogP contribution in [0.15, 0.2) is 33.2 Å². The van der Waals surface area contributed by atoms with Gasteiger partial charge in [-0.3, -0.25) is 48.5 Å². The van der Waals surface area contributed by atoms with Crippen molar-refractivity contribution in [3.8, 4) is 6.07 Å². The minimum atomic E-state index is -1.33. The van der Waals surface area contributed by atoms with Crippen molar-refractivity contribution in [1.82, 2.24) is 36.9 Å². The van der Waals surface area contributed by atoms with Crippen molar-refractivity contribution >= 4 is 108 Å². The Labute approximate surface area is 449 Å². The van der Waals surface area contributed by atoms with Crippen LogP contribution in [0.4, 0.5) is 5.69 Å². The van der Waals surface area contributed by atoms with Crippen LogP contribution in [0, 0.1) is 17.2 Å². The van der Waals surface area contributed by atoms with Gasteiger partial charge < -0.3 is 77.4 Å². The molecule has 1 aromatic carbocycles. The van der Waals surface area contributed by atoms with Crippen molar-refractivity contribution in [3.63, 3.8) is 0 Å². The number of anilines is 1. The zero-order chi connectivity index (χ0) is 56.3. The lowest BCUT2D eigenvalue weighted by atomic mass is 10.0. The van der Waals surface area contributed by atoms with Crippen LogP contribution in [-0.2, 0) is 33.6 Å². The number of carbonyl (C=O) groups excluding carboxylic acids is 7. The Morgan fingerprint density at radius 1 is 0.653 bits per heavy atom. The number of unbranched alkanes of at least 4 members (excludes halogenated alkanes) is 1. The topological polar surface area (TPSA) is 460 Å². The Bertz CT molecular complexity index is 2360. The summed E-state index contributed by atoms with van der Waals surface area (Å²) in [6.07, 6.45) is 2.00. The fraction of sp³-hybridized carbons (Fsp3) is 0.609. The van der Waals surface area contributed by atoms with Gasteiger partial charge in [-0.05, 0) is 88.4 Å². The minimum absolute atomic E-state index is 0.0347. The van der Waals surface area contributed by atoms with Gasteiger partial charge in [0.2, 0.25) is 41.4 Å². The minimum Gasteiger partial charge on any atom is -0.370 e. The van der Waals surface area contributed by atoms with Gasteiger partial charge in [-0.1, -0.05) is 56.2 Å². The predicted octanol–water partition coefficient (Wildman–Crippen LogP) is -0.839. The molecule has 75 heavy (non-hydrogen) atoms. The van der Waals surface area contributed by atoms with E-state index in [0.717, 1.165) is 0 Å². The van der Waals surface area contributed by atoms with Crippen molar-refractivity contribution < 1.29 is 33.6 Å². The van der Waals surface area contributed by atoms with Crippen molar-refractivity contribution in [3.05, 3.63) is 23.2 Å². The van der Waals surface area contributed by atoms with E-state index < -0.39 is 83.5 Å². The molecule has 416 valence electrons. The molecule has 0 unspecified atom stereocenters. The molecule has 0 fully saturated rings. The number of rotatable bonds is 33. The van der Waals surface area contributed by atoms with Crippen molar-refractivity contribution in [1.29, 1.82) is 5.26 Å². The van der Waals surface area contributed by atoms with E-state index >= 15 is 0 Å². The lowest BCUT2D eigenvalue weighted by Crippen LogP contribution is -2.60. The van der Waals surface area contributed by atoms with Crippen LogP contribution in [0.1, 0.15) is 104 Å². The summed E-state index contributed by atoms with van der Waals surface area (Å²) in [5.41, 5.74) is 39.9. The number of benzene rings is 1. The number of carbonyl (C=O) groups is 7. The molecule has 2 rings (SSSR count). The van der Waals surface area contributed by atoms with Gasteiger partial charge in [-0.2, -0.15) is 5.26 Å². The molecule has 2 aromatic rings. The molecule has 0 radical (unpaired) electrons. The van der Waals surface area contributed by atoms with Crippen LogP contribution in [0.2, 0.25) is 0 Å². The fourth-order valence-corrected chi connectivity index (χ4v) is 10.2. The summed E-state index contributed by atoms with van der Waals surface area (Å²) < 4.78 is 0.421. The number of aliphatic imine (C=N–C) groups is 3. The Kier molecular flexibility index (Phi) is 28.6. The predicted molar refractivity (Wildman–Crippen MR) is 298 cm³/mol. The van der Waals surface area contributed by atoms with Gasteiger partial charge in [0.1, 0.15) is 42.3 Å². The zero-order valence-electron chi connectivity index (χ0n) is 43.5. The molecule has 29 heteroatoms. The van der Waals surface area contributed by atoms with E-state index in [2.05, 4.69) is 57.2 Å². The first-order chi connectivity index (χ1) is 35.3. The quantitative estimate of drug-likeness (QED) is 0.0179. The largest absolute Gasteiger partial charge is 0.370 e. The maximum atomic E-state index is 14.5. The number of hydrogen-bond acceptors (Lipinski definition) is 16. The number of amides is 7. The highest BCUT2D eigenvalue weighted by atomic mass is 33.1. The molecule has 0 saturated carbocycles. The number of fused-ring (bicyclic) bond motifs is 1. The maximum Gasteiger partial charge on any atom is 0.246 e. The second-order valence-corrected chi connectivity index (χ2v) is 22.8. The Hall–Kier alpha value is -6.64. The lowest BCUT2D eigenvalue weighted by molar-refractivity contribution is -0.135. The number of nitrogens with one attached hydrogen (secondary N) is 7. The second kappa shape index (κ2) is 33.3. The number of nitrogens with two attached hydrogens (primary N) is 7. The molecule has 1 aromatic heterocycles. The number of nitriles is 1. The first kappa shape index (κ1) is 64.5. The first-order valence-electron chi connectivity index (χ1n) is 24.4. The van der Waals surface area contributed by atoms with Crippen molar-refractivity contribution in [2.24, 2.45) is 61.0 Å². The van der Waals surface area contributed by atoms with Crippen LogP contribution >= 0.6 is 32.9 Å². The van der Waals surface area contributed by atoms with Crippen LogP contribution in [0.5, 0.6) is 0 Å². The summed E-state index contributed by atoms with van der Waals surface area (Å²) in [7, 11) is 2.79. The normalized spacial score (nSPS) is 13.5. The van der Waals surface area contributed by atoms with E-state index in [-0.39, 0.29) is 91.5 Å². The standard InChI is InChI=1S/C46H77N19O7S3/c1-25(2)36(65-40(70)29(58-26(3)66)13-9-19-55-43(49)50)42(72)63-32(15-11-21-57-45(53)54)38(68)61-31(14-10-20-56-44(51)52)39(69)64-33(24-73-75-46(4,5)6)41(71)62-30(12-7-8-18-47)37(67)59-27-16-17-28-34(22-27)74-35(23-48)60-28/h16-17,22,25,29-33,36H,7-15,18-21,24,47H2,1-6H3,(H,58,66)(H,59,67)(H,61,68)(H,62,71)(H,63,72)(H,64,69)(H,65,70)(H4,49,50,55)(H4,51,52,56)(H4,53,54,57)/t29-,30-,31-,32-,33-,36-/m0/s1. The fourth-order valence-electron chi connectivity index (χ4n) is 6.93. The highest BCUT2D eigenvalue weighted by Gasteiger charge is 2.34. The molecule has 26 nitrogen and oxygen atoms in total. The Morgan fingerprint density at radius 2 is 1.11 bits per heavy atom. The third-order valence-corrected chi connectivity index (χ3v) is 14.8. The molecule has 0 bridgehead atoms. The van der Waals surface area contributed by atoms with Gasteiger partial charge in [-0.25, -0.2) is 4.98 Å². The lowest BCUT2D eigenvalue weighted by Gasteiger charge is -2.29. The summed E-state index contributed by atoms with van der Waals surface area (Å²) >= 11 is 1.17. The molecule has 0 spiro atoms. The number of thiazole rings is 1. The smallest absolute Gasteiger partial charge is 0.246 e. The zero-order valence-corrected chi connectivity index (χ0v) is 46.0. The van der Waals surface area contributed by atoms with Gasteiger partial charge in [0, 0.05) is 42.7 Å². The molecule has 21 N–H and O–H groups in total. The van der Waals surface area contributed by atoms with Gasteiger partial charge in [0.15, 0.2) is 22.9 Å². The van der Waals surface area contributed by atoms with Gasteiger partial charge in [0.05, 0.1) is 10.2 Å². The highest BCUT2D eigenvalue weighted by molar-refractivity contribution is 8.77. The molecule has 0 saturated heterocycles. The molecule has 1 heterocycles. The summed E-state index contributed by atoms with van der Waals surface area (Å²) in [6.45, 7) is 11.2. The van der Waals surface area contributed by atoms with E-state index in [1.165, 1.54) is 39.8 Å². The van der Waals surface area contributed by atoms with E-state index in [4.69, 9.17) is 40.1 Å². The molecule has 7 amide bonds. The van der Waals surface area contributed by atoms with Crippen molar-refractivity contribution in [2.75, 3.05) is 37.2 Å². The van der Waals surface area contributed by atoms with Crippen LogP contribution in [0.3, 0.4) is 0 Å². The highest BCUT2D eigenvalue weighted by Crippen LogP contribution is 2.35. The Balaban J connectivity index is 2.50. The number of aromatic nitrogens is 1. The molecule has 0 aliphatic heterocycles. The number of nitrogens with zero attached hydrogens (tertiary/aromatic N) is 5. The van der Waals surface area contributed by atoms with Crippen LogP contribution in [-0.4, -0.2) is 137 Å². The van der Waals surface area contributed by atoms with E-state index in [9.17, 15) is 38.8 Å². The van der Waals surface area contributed by atoms with E-state index in [1.54, 1.807) is 32.0 Å². The van der Waals surface area contributed by atoms with E-state index in [0.29, 0.717) is 41.7 Å². The third kappa shape index (κ3) is 25.9. The molecule has 0 aliphatic rings. The summed E-state index contributed by atoms with van der Waals surface area (Å²) in [6, 6.07) is -0.209. The van der Waals surface area contributed by atoms with Crippen molar-refractivity contribution in [2.45, 2.75) is 140 Å². The van der Waals surface area contributed by atoms with Crippen LogP contribution in [0.25, 0.3) is 10.2 Å². The average molecular weight is 1100 g/mol. The third-order valence-electron chi connectivity index (χ3n) is 10.6. The SMILES string of the molecule is CC(=O)N[C@@H](CCCN=C(N)N)C(=O)N[C@H](C(=O)N[C@@H](CCCN=C(N)N)C(=O)N[C@@H](CCCN=C(N)N)C(=O)N[C@@H](CSSC(C)(C)C)C(=O)N[C@@H](CCCCN)C(=O)Nc1ccc2nc(C#N)sc2c1)C(C)C. The molecule has 6 atom stereocenters. The monoisotopic (exact) mass is 1100 g/mol. The Morgan fingerprint density at radius 3 is 1.57 bits per heavy atom. The summed E-state index contributed by atoms with van der Waals surface area (Å²) in [4.78, 5) is 113. The van der Waals surface area contributed by atoms with Gasteiger partial charge >= 0.3 is 0 Å². The molecular weight excluding hydrogens is 1030 g/mol. The summed E-state index contributed by atoms with van der Waals surface area (Å²) in [5.74, 6) is -5.69. The van der Waals surface area contributed by atoms with Gasteiger partial charge in [0.25, 0.3) is 0 Å². The first-order valence-corrected chi connectivity index (χ1v) is 27.5. The average Bonchev–Trinajstić information content (AvgIpc) is 3.74. The van der Waals surface area contributed by atoms with Gasteiger partial charge in [-0.15, -0.1) is 11.3 Å². The number of guanidine groups is 3. The molecule has 0 aliphatic carbocycles. The van der Waals surface area contributed by atoms with E-state index in [1.807, 2.05) is 26.8 Å².